The van der Waals surface area contributed by atoms with Gasteiger partial charge in [0, 0.05) is 17.8 Å². The first-order valence-corrected chi connectivity index (χ1v) is 6.24. The summed E-state index contributed by atoms with van der Waals surface area (Å²) in [6.07, 6.45) is 6.24. The summed E-state index contributed by atoms with van der Waals surface area (Å²) in [7, 11) is 0. The molecule has 1 aliphatic rings. The topological polar surface area (TPSA) is 95.1 Å². The molecule has 0 saturated carbocycles. The van der Waals surface area contributed by atoms with E-state index in [0.29, 0.717) is 19.4 Å². The predicted molar refractivity (Wildman–Crippen MR) is 68.2 cm³/mol. The van der Waals surface area contributed by atoms with E-state index in [2.05, 4.69) is 15.5 Å². The number of carbonyl (C=O) groups is 2. The van der Waals surface area contributed by atoms with E-state index < -0.39 is 17.8 Å². The van der Waals surface area contributed by atoms with Crippen LogP contribution in [0, 0.1) is 18.8 Å². The van der Waals surface area contributed by atoms with Crippen LogP contribution in [0.25, 0.3) is 0 Å². The molecule has 0 saturated heterocycles. The summed E-state index contributed by atoms with van der Waals surface area (Å²) >= 11 is 0. The lowest BCUT2D eigenvalue weighted by atomic mass is 9.82. The van der Waals surface area contributed by atoms with E-state index in [1.54, 1.807) is 6.20 Å². The molecule has 6 heteroatoms. The van der Waals surface area contributed by atoms with E-state index in [-0.39, 0.29) is 5.91 Å². The Kier molecular flexibility index (Phi) is 3.99. The fraction of sp³-hybridized carbons (Fsp3) is 0.462. The molecule has 0 fully saturated rings. The fourth-order valence-corrected chi connectivity index (χ4v) is 2.24. The highest BCUT2D eigenvalue weighted by molar-refractivity contribution is 5.85. The van der Waals surface area contributed by atoms with Gasteiger partial charge in [0.05, 0.1) is 18.0 Å². The van der Waals surface area contributed by atoms with Crippen LogP contribution in [0.5, 0.6) is 0 Å². The van der Waals surface area contributed by atoms with Crippen molar-refractivity contribution in [3.63, 3.8) is 0 Å². The third-order valence-corrected chi connectivity index (χ3v) is 3.47. The highest BCUT2D eigenvalue weighted by atomic mass is 16.4. The van der Waals surface area contributed by atoms with Gasteiger partial charge in [0.1, 0.15) is 0 Å². The minimum atomic E-state index is -0.913. The summed E-state index contributed by atoms with van der Waals surface area (Å²) in [5, 5.41) is 18.6. The molecule has 2 unspecified atom stereocenters. The monoisotopic (exact) mass is 263 g/mol. The number of H-pyrrole nitrogens is 1. The van der Waals surface area contributed by atoms with Crippen LogP contribution in [0.3, 0.4) is 0 Å². The molecular formula is C13H17N3O3. The highest BCUT2D eigenvalue weighted by Crippen LogP contribution is 2.26. The van der Waals surface area contributed by atoms with E-state index in [9.17, 15) is 9.59 Å². The zero-order valence-corrected chi connectivity index (χ0v) is 10.7. The molecule has 0 aliphatic heterocycles. The van der Waals surface area contributed by atoms with E-state index in [1.807, 2.05) is 19.1 Å². The number of nitrogens with one attached hydrogen (secondary N) is 2. The standard InChI is InChI=1S/C13H17N3O3/c1-8-9(7-15-16-8)6-14-12(17)10-4-2-3-5-11(10)13(18)19/h2-3,7,10-11H,4-6H2,1H3,(H,14,17)(H,15,16)(H,18,19). The first-order valence-electron chi connectivity index (χ1n) is 6.24. The number of hydrogen-bond donors (Lipinski definition) is 3. The minimum Gasteiger partial charge on any atom is -0.481 e. The lowest BCUT2D eigenvalue weighted by Gasteiger charge is -2.24. The first kappa shape index (κ1) is 13.3. The Hall–Kier alpha value is -2.11. The van der Waals surface area contributed by atoms with Crippen molar-refractivity contribution in [2.24, 2.45) is 11.8 Å². The average molecular weight is 263 g/mol. The maximum atomic E-state index is 12.1. The highest BCUT2D eigenvalue weighted by Gasteiger charge is 2.33. The second kappa shape index (κ2) is 5.69. The number of amides is 1. The second-order valence-electron chi connectivity index (χ2n) is 4.73. The van der Waals surface area contributed by atoms with Crippen molar-refractivity contribution >= 4 is 11.9 Å². The summed E-state index contributed by atoms with van der Waals surface area (Å²) in [6.45, 7) is 2.24. The van der Waals surface area contributed by atoms with Gasteiger partial charge in [-0.15, -0.1) is 0 Å². The largest absolute Gasteiger partial charge is 0.481 e. The molecular weight excluding hydrogens is 246 g/mol. The van der Waals surface area contributed by atoms with Crippen LogP contribution in [0.2, 0.25) is 0 Å². The Morgan fingerprint density at radius 3 is 2.68 bits per heavy atom. The van der Waals surface area contributed by atoms with Gasteiger partial charge in [0.25, 0.3) is 0 Å². The first-order chi connectivity index (χ1) is 9.09. The van der Waals surface area contributed by atoms with Gasteiger partial charge in [-0.25, -0.2) is 0 Å². The Balaban J connectivity index is 1.97. The van der Waals surface area contributed by atoms with Crippen molar-refractivity contribution in [1.82, 2.24) is 15.5 Å². The number of carboxylic acid groups (broad SMARTS) is 1. The number of carboxylic acids is 1. The average Bonchev–Trinajstić information content (AvgIpc) is 2.81. The van der Waals surface area contributed by atoms with Gasteiger partial charge in [-0.05, 0) is 19.8 Å². The molecule has 0 radical (unpaired) electrons. The zero-order chi connectivity index (χ0) is 13.8. The van der Waals surface area contributed by atoms with Gasteiger partial charge in [-0.1, -0.05) is 12.2 Å². The molecule has 0 spiro atoms. The van der Waals surface area contributed by atoms with Gasteiger partial charge >= 0.3 is 5.97 Å². The van der Waals surface area contributed by atoms with Crippen molar-refractivity contribution in [2.45, 2.75) is 26.3 Å². The summed E-state index contributed by atoms with van der Waals surface area (Å²) in [6, 6.07) is 0. The summed E-state index contributed by atoms with van der Waals surface area (Å²) < 4.78 is 0. The molecule has 1 amide bonds. The van der Waals surface area contributed by atoms with Crippen molar-refractivity contribution in [3.8, 4) is 0 Å². The Labute approximate surface area is 110 Å². The van der Waals surface area contributed by atoms with Crippen LogP contribution < -0.4 is 5.32 Å². The third-order valence-electron chi connectivity index (χ3n) is 3.47. The molecule has 1 aromatic heterocycles. The molecule has 1 heterocycles. The van der Waals surface area contributed by atoms with Crippen LogP contribution in [0.15, 0.2) is 18.3 Å². The molecule has 0 aromatic carbocycles. The number of aromatic amines is 1. The quantitative estimate of drug-likeness (QED) is 0.706. The van der Waals surface area contributed by atoms with Crippen molar-refractivity contribution < 1.29 is 14.7 Å². The van der Waals surface area contributed by atoms with Crippen molar-refractivity contribution in [2.75, 3.05) is 0 Å². The van der Waals surface area contributed by atoms with Gasteiger partial charge < -0.3 is 10.4 Å². The number of hydrogen-bond acceptors (Lipinski definition) is 3. The van der Waals surface area contributed by atoms with Gasteiger partial charge in [-0.3, -0.25) is 14.7 Å². The Morgan fingerprint density at radius 1 is 1.42 bits per heavy atom. The molecule has 2 atom stereocenters. The van der Waals surface area contributed by atoms with Crippen molar-refractivity contribution in [1.29, 1.82) is 0 Å². The smallest absolute Gasteiger partial charge is 0.307 e. The van der Waals surface area contributed by atoms with Gasteiger partial charge in [0.15, 0.2) is 0 Å². The van der Waals surface area contributed by atoms with Crippen LogP contribution in [0.4, 0.5) is 0 Å². The van der Waals surface area contributed by atoms with Crippen LogP contribution in [-0.4, -0.2) is 27.2 Å². The van der Waals surface area contributed by atoms with Crippen LogP contribution in [-0.2, 0) is 16.1 Å². The van der Waals surface area contributed by atoms with Crippen LogP contribution in [0.1, 0.15) is 24.1 Å². The number of carbonyl (C=O) groups excluding carboxylic acids is 1. The lowest BCUT2D eigenvalue weighted by molar-refractivity contribution is -0.147. The molecule has 19 heavy (non-hydrogen) atoms. The van der Waals surface area contributed by atoms with E-state index in [4.69, 9.17) is 5.11 Å². The van der Waals surface area contributed by atoms with Gasteiger partial charge in [0.2, 0.25) is 5.91 Å². The number of aliphatic carboxylic acids is 1. The molecule has 1 aromatic rings. The predicted octanol–water partition coefficient (Wildman–Crippen LogP) is 1.00. The lowest BCUT2D eigenvalue weighted by Crippen LogP contribution is -2.38. The Bertz CT molecular complexity index is 507. The second-order valence-corrected chi connectivity index (χ2v) is 4.73. The summed E-state index contributed by atoms with van der Waals surface area (Å²) in [5.74, 6) is -2.24. The number of aromatic nitrogens is 2. The maximum Gasteiger partial charge on any atom is 0.307 e. The van der Waals surface area contributed by atoms with Gasteiger partial charge in [-0.2, -0.15) is 5.10 Å². The summed E-state index contributed by atoms with van der Waals surface area (Å²) in [5.41, 5.74) is 1.81. The molecule has 2 rings (SSSR count). The summed E-state index contributed by atoms with van der Waals surface area (Å²) in [4.78, 5) is 23.2. The fourth-order valence-electron chi connectivity index (χ4n) is 2.24. The third kappa shape index (κ3) is 3.01. The molecule has 1 aliphatic carbocycles. The van der Waals surface area contributed by atoms with E-state index in [1.165, 1.54) is 0 Å². The van der Waals surface area contributed by atoms with E-state index >= 15 is 0 Å². The SMILES string of the molecule is Cc1[nH]ncc1CNC(=O)C1CC=CCC1C(=O)O. The molecule has 102 valence electrons. The van der Waals surface area contributed by atoms with Crippen LogP contribution >= 0.6 is 0 Å². The van der Waals surface area contributed by atoms with E-state index in [0.717, 1.165) is 11.3 Å². The number of allylic oxidation sites excluding steroid dienone is 2. The molecule has 6 nitrogen and oxygen atoms in total. The maximum absolute atomic E-state index is 12.1. The Morgan fingerprint density at radius 2 is 2.11 bits per heavy atom. The number of rotatable bonds is 4. The molecule has 0 bridgehead atoms. The minimum absolute atomic E-state index is 0.211. The number of nitrogens with zero attached hydrogens (tertiary/aromatic N) is 1. The normalized spacial score (nSPS) is 22.2. The van der Waals surface area contributed by atoms with Crippen molar-refractivity contribution in [3.05, 3.63) is 29.6 Å². The molecule has 3 N–H and O–H groups in total. The zero-order valence-electron chi connectivity index (χ0n) is 10.7. The number of aryl methyl sites for hydroxylation is 1.